The minimum atomic E-state index is -0.315. The second-order valence-electron chi connectivity index (χ2n) is 5.89. The second kappa shape index (κ2) is 6.32. The van der Waals surface area contributed by atoms with E-state index < -0.39 is 0 Å². The first-order valence-electron chi connectivity index (χ1n) is 8.11. The number of hydrogen-bond acceptors (Lipinski definition) is 4. The molecule has 6 heteroatoms. The van der Waals surface area contributed by atoms with E-state index in [1.165, 1.54) is 0 Å². The Hall–Kier alpha value is -3.28. The molecule has 2 aromatic carbocycles. The summed E-state index contributed by atoms with van der Waals surface area (Å²) in [6.45, 7) is 1.56. The van der Waals surface area contributed by atoms with E-state index in [0.29, 0.717) is 24.4 Å². The molecule has 6 nitrogen and oxygen atoms in total. The zero-order valence-corrected chi connectivity index (χ0v) is 13.5. The summed E-state index contributed by atoms with van der Waals surface area (Å²) in [5.74, 6) is -0.0813. The number of nitrogens with one attached hydrogen (secondary N) is 2. The van der Waals surface area contributed by atoms with E-state index in [0.717, 1.165) is 11.1 Å². The Kier molecular flexibility index (Phi) is 3.85. The maximum absolute atomic E-state index is 12.6. The molecule has 0 saturated carbocycles. The van der Waals surface area contributed by atoms with Crippen LogP contribution in [0.2, 0.25) is 0 Å². The molecule has 25 heavy (non-hydrogen) atoms. The SMILES string of the molecule is O=C1CN(c2ccccc2NC(=O)c2cc3ccccc3o2)CCN1. The Morgan fingerprint density at radius 2 is 1.92 bits per heavy atom. The lowest BCUT2D eigenvalue weighted by Crippen LogP contribution is -2.47. The zero-order chi connectivity index (χ0) is 17.2. The first-order chi connectivity index (χ1) is 12.2. The van der Waals surface area contributed by atoms with Crippen molar-refractivity contribution < 1.29 is 14.0 Å². The van der Waals surface area contributed by atoms with Crippen molar-refractivity contribution in [3.63, 3.8) is 0 Å². The Bertz CT molecular complexity index is 915. The van der Waals surface area contributed by atoms with Crippen molar-refractivity contribution in [3.8, 4) is 0 Å². The number of amides is 2. The third-order valence-corrected chi connectivity index (χ3v) is 4.18. The Labute approximate surface area is 144 Å². The Morgan fingerprint density at radius 3 is 2.76 bits per heavy atom. The van der Waals surface area contributed by atoms with Crippen molar-refractivity contribution >= 4 is 34.2 Å². The number of benzene rings is 2. The van der Waals surface area contributed by atoms with Crippen LogP contribution in [0, 0.1) is 0 Å². The third kappa shape index (κ3) is 3.06. The molecular weight excluding hydrogens is 318 g/mol. The van der Waals surface area contributed by atoms with Crippen molar-refractivity contribution in [3.05, 3.63) is 60.4 Å². The van der Waals surface area contributed by atoms with E-state index in [1.54, 1.807) is 6.07 Å². The molecule has 0 bridgehead atoms. The molecule has 0 spiro atoms. The minimum absolute atomic E-state index is 0.0235. The smallest absolute Gasteiger partial charge is 0.291 e. The number of nitrogens with zero attached hydrogens (tertiary/aromatic N) is 1. The highest BCUT2D eigenvalue weighted by atomic mass is 16.3. The van der Waals surface area contributed by atoms with Gasteiger partial charge in [-0.2, -0.15) is 0 Å². The van der Waals surface area contributed by atoms with E-state index in [-0.39, 0.29) is 24.1 Å². The topological polar surface area (TPSA) is 74.6 Å². The second-order valence-corrected chi connectivity index (χ2v) is 5.89. The van der Waals surface area contributed by atoms with Gasteiger partial charge in [-0.3, -0.25) is 9.59 Å². The van der Waals surface area contributed by atoms with E-state index in [9.17, 15) is 9.59 Å². The van der Waals surface area contributed by atoms with Crippen LogP contribution in [0.1, 0.15) is 10.6 Å². The van der Waals surface area contributed by atoms with Crippen LogP contribution in [0.5, 0.6) is 0 Å². The standard InChI is InChI=1S/C19H17N3O3/c23-18-12-22(10-9-20-18)15-7-3-2-6-14(15)21-19(24)17-11-13-5-1-4-8-16(13)25-17/h1-8,11H,9-10,12H2,(H,20,23)(H,21,24). The molecule has 2 N–H and O–H groups in total. The van der Waals surface area contributed by atoms with Gasteiger partial charge in [0.25, 0.3) is 5.91 Å². The largest absolute Gasteiger partial charge is 0.451 e. The molecule has 1 fully saturated rings. The third-order valence-electron chi connectivity index (χ3n) is 4.18. The van der Waals surface area contributed by atoms with E-state index >= 15 is 0 Å². The van der Waals surface area contributed by atoms with E-state index in [1.807, 2.05) is 53.4 Å². The highest BCUT2D eigenvalue weighted by Gasteiger charge is 2.20. The predicted molar refractivity (Wildman–Crippen MR) is 95.8 cm³/mol. The number of piperazine rings is 1. The molecule has 0 atom stereocenters. The van der Waals surface area contributed by atoms with Crippen LogP contribution in [0.4, 0.5) is 11.4 Å². The molecule has 1 aliphatic rings. The number of rotatable bonds is 3. The summed E-state index contributed by atoms with van der Waals surface area (Å²) >= 11 is 0. The molecule has 3 aromatic rings. The molecule has 0 unspecified atom stereocenters. The molecule has 1 aliphatic heterocycles. The average Bonchev–Trinajstić information content (AvgIpc) is 3.06. The maximum Gasteiger partial charge on any atom is 0.291 e. The zero-order valence-electron chi connectivity index (χ0n) is 13.5. The lowest BCUT2D eigenvalue weighted by atomic mass is 10.2. The molecule has 126 valence electrons. The normalized spacial score (nSPS) is 14.4. The Morgan fingerprint density at radius 1 is 1.12 bits per heavy atom. The fraction of sp³-hybridized carbons (Fsp3) is 0.158. The minimum Gasteiger partial charge on any atom is -0.451 e. The van der Waals surface area contributed by atoms with Gasteiger partial charge < -0.3 is 20.0 Å². The quantitative estimate of drug-likeness (QED) is 0.772. The van der Waals surface area contributed by atoms with Gasteiger partial charge in [0, 0.05) is 18.5 Å². The summed E-state index contributed by atoms with van der Waals surface area (Å²) in [5.41, 5.74) is 2.15. The van der Waals surface area contributed by atoms with Gasteiger partial charge >= 0.3 is 0 Å². The van der Waals surface area contributed by atoms with Gasteiger partial charge in [0.1, 0.15) is 5.58 Å². The summed E-state index contributed by atoms with van der Waals surface area (Å²) in [5, 5.41) is 6.58. The van der Waals surface area contributed by atoms with Gasteiger partial charge in [-0.05, 0) is 24.3 Å². The fourth-order valence-corrected chi connectivity index (χ4v) is 2.98. The van der Waals surface area contributed by atoms with Crippen molar-refractivity contribution in [1.82, 2.24) is 5.32 Å². The molecule has 0 radical (unpaired) electrons. The van der Waals surface area contributed by atoms with E-state index in [4.69, 9.17) is 4.42 Å². The van der Waals surface area contributed by atoms with Crippen LogP contribution in [-0.4, -0.2) is 31.4 Å². The summed E-state index contributed by atoms with van der Waals surface area (Å²) in [7, 11) is 0. The number of anilines is 2. The monoisotopic (exact) mass is 335 g/mol. The number of hydrogen-bond donors (Lipinski definition) is 2. The summed E-state index contributed by atoms with van der Waals surface area (Å²) in [6, 6.07) is 16.7. The number of furan rings is 1. The molecule has 2 amide bonds. The maximum atomic E-state index is 12.6. The predicted octanol–water partition coefficient (Wildman–Crippen LogP) is 2.62. The van der Waals surface area contributed by atoms with Crippen LogP contribution >= 0.6 is 0 Å². The first kappa shape index (κ1) is 15.3. The van der Waals surface area contributed by atoms with Crippen LogP contribution in [-0.2, 0) is 4.79 Å². The Balaban J connectivity index is 1.60. The highest BCUT2D eigenvalue weighted by Crippen LogP contribution is 2.27. The van der Waals surface area contributed by atoms with Gasteiger partial charge in [0.05, 0.1) is 17.9 Å². The van der Waals surface area contributed by atoms with Crippen molar-refractivity contribution in [2.24, 2.45) is 0 Å². The van der Waals surface area contributed by atoms with Crippen molar-refractivity contribution in [2.75, 3.05) is 29.9 Å². The van der Waals surface area contributed by atoms with Crippen molar-refractivity contribution in [1.29, 1.82) is 0 Å². The van der Waals surface area contributed by atoms with Gasteiger partial charge in [-0.15, -0.1) is 0 Å². The van der Waals surface area contributed by atoms with Gasteiger partial charge in [-0.1, -0.05) is 30.3 Å². The molecule has 1 saturated heterocycles. The lowest BCUT2D eigenvalue weighted by molar-refractivity contribution is -0.120. The molecule has 4 rings (SSSR count). The first-order valence-corrected chi connectivity index (χ1v) is 8.11. The molecular formula is C19H17N3O3. The average molecular weight is 335 g/mol. The molecule has 2 heterocycles. The molecule has 0 aliphatic carbocycles. The van der Waals surface area contributed by atoms with Crippen LogP contribution in [0.25, 0.3) is 11.0 Å². The number of para-hydroxylation sites is 3. The van der Waals surface area contributed by atoms with Gasteiger partial charge in [-0.25, -0.2) is 0 Å². The summed E-state index contributed by atoms with van der Waals surface area (Å²) < 4.78 is 5.61. The number of carbonyl (C=O) groups excluding carboxylic acids is 2. The van der Waals surface area contributed by atoms with Gasteiger partial charge in [0.15, 0.2) is 5.76 Å². The van der Waals surface area contributed by atoms with Crippen molar-refractivity contribution in [2.45, 2.75) is 0 Å². The van der Waals surface area contributed by atoms with E-state index in [2.05, 4.69) is 10.6 Å². The summed E-state index contributed by atoms with van der Waals surface area (Å²) in [4.78, 5) is 26.2. The highest BCUT2D eigenvalue weighted by molar-refractivity contribution is 6.06. The van der Waals surface area contributed by atoms with Crippen LogP contribution < -0.4 is 15.5 Å². The van der Waals surface area contributed by atoms with Crippen LogP contribution in [0.15, 0.2) is 59.0 Å². The number of fused-ring (bicyclic) bond motifs is 1. The molecule has 1 aromatic heterocycles. The number of carbonyl (C=O) groups is 2. The fourth-order valence-electron chi connectivity index (χ4n) is 2.98. The lowest BCUT2D eigenvalue weighted by Gasteiger charge is -2.30. The summed E-state index contributed by atoms with van der Waals surface area (Å²) in [6.07, 6.45) is 0. The van der Waals surface area contributed by atoms with Gasteiger partial charge in [0.2, 0.25) is 5.91 Å². The van der Waals surface area contributed by atoms with Crippen LogP contribution in [0.3, 0.4) is 0 Å².